The number of pyridine rings is 2. The van der Waals surface area contributed by atoms with Crippen molar-refractivity contribution >= 4 is 10.8 Å². The summed E-state index contributed by atoms with van der Waals surface area (Å²) in [5.74, 6) is 0. The number of fused-ring (bicyclic) bond motifs is 1. The molecule has 6 aromatic rings. The van der Waals surface area contributed by atoms with Crippen molar-refractivity contribution in [2.24, 2.45) is 0 Å². The topological polar surface area (TPSA) is 73.4 Å². The molecule has 0 aliphatic rings. The van der Waals surface area contributed by atoms with Gasteiger partial charge < -0.3 is 0 Å². The van der Waals surface area contributed by atoms with Crippen LogP contribution in [0.4, 0.5) is 0 Å². The van der Waals surface area contributed by atoms with Gasteiger partial charge in [-0.25, -0.2) is 0 Å². The van der Waals surface area contributed by atoms with Crippen LogP contribution in [0.5, 0.6) is 0 Å². The Hall–Kier alpha value is -5.58. The van der Waals surface area contributed by atoms with Gasteiger partial charge in [-0.3, -0.25) is 9.97 Å². The molecule has 38 heavy (non-hydrogen) atoms. The zero-order valence-corrected chi connectivity index (χ0v) is 20.3. The average molecular weight is 485 g/mol. The molecule has 2 aromatic heterocycles. The first-order valence-electron chi connectivity index (χ1n) is 12.2. The quantitative estimate of drug-likeness (QED) is 0.254. The van der Waals surface area contributed by atoms with Crippen LogP contribution in [-0.4, -0.2) is 9.97 Å². The molecule has 0 unspecified atom stereocenters. The first-order valence-corrected chi connectivity index (χ1v) is 12.2. The van der Waals surface area contributed by atoms with Crippen LogP contribution < -0.4 is 0 Å². The van der Waals surface area contributed by atoms with Crippen molar-refractivity contribution < 1.29 is 0 Å². The summed E-state index contributed by atoms with van der Waals surface area (Å²) >= 11 is 0. The molecule has 4 heteroatoms. The SMILES string of the molecule is N#Cc1ccnc(-c2cccc(-c3ccc(-c4cccc(-c5cc(C#N)ccn5)c4)c4ccccc34)c2)c1. The fourth-order valence-electron chi connectivity index (χ4n) is 4.81. The van der Waals surface area contributed by atoms with Gasteiger partial charge in [0.25, 0.3) is 0 Å². The number of rotatable bonds is 4. The molecule has 0 atom stereocenters. The van der Waals surface area contributed by atoms with Crippen molar-refractivity contribution in [3.8, 4) is 56.9 Å². The summed E-state index contributed by atoms with van der Waals surface area (Å²) in [6, 6.07) is 40.7. The van der Waals surface area contributed by atoms with Gasteiger partial charge in [0, 0.05) is 23.5 Å². The number of hydrogen-bond donors (Lipinski definition) is 0. The van der Waals surface area contributed by atoms with Crippen LogP contribution in [0.3, 0.4) is 0 Å². The van der Waals surface area contributed by atoms with E-state index in [4.69, 9.17) is 0 Å². The summed E-state index contributed by atoms with van der Waals surface area (Å²) < 4.78 is 0. The largest absolute Gasteiger partial charge is 0.256 e. The van der Waals surface area contributed by atoms with E-state index in [9.17, 15) is 10.5 Å². The van der Waals surface area contributed by atoms with E-state index in [-0.39, 0.29) is 0 Å². The van der Waals surface area contributed by atoms with E-state index in [1.54, 1.807) is 24.5 Å². The highest BCUT2D eigenvalue weighted by molar-refractivity contribution is 6.05. The molecule has 176 valence electrons. The van der Waals surface area contributed by atoms with Gasteiger partial charge in [-0.05, 0) is 69.4 Å². The van der Waals surface area contributed by atoms with Crippen LogP contribution in [0.1, 0.15) is 11.1 Å². The van der Waals surface area contributed by atoms with Gasteiger partial charge in [-0.2, -0.15) is 10.5 Å². The fourth-order valence-corrected chi connectivity index (χ4v) is 4.81. The summed E-state index contributed by atoms with van der Waals surface area (Å²) in [7, 11) is 0. The summed E-state index contributed by atoms with van der Waals surface area (Å²) in [4.78, 5) is 8.96. The Morgan fingerprint density at radius 2 is 0.895 bits per heavy atom. The maximum atomic E-state index is 9.29. The van der Waals surface area contributed by atoms with Gasteiger partial charge in [0.15, 0.2) is 0 Å². The van der Waals surface area contributed by atoms with Crippen LogP contribution in [0.2, 0.25) is 0 Å². The lowest BCUT2D eigenvalue weighted by Gasteiger charge is -2.14. The minimum atomic E-state index is 0.590. The summed E-state index contributed by atoms with van der Waals surface area (Å²) in [5.41, 5.74) is 9.08. The maximum absolute atomic E-state index is 9.29. The number of aromatic nitrogens is 2. The zero-order valence-electron chi connectivity index (χ0n) is 20.3. The third-order valence-corrected chi connectivity index (χ3v) is 6.64. The average Bonchev–Trinajstić information content (AvgIpc) is 3.00. The predicted molar refractivity (Wildman–Crippen MR) is 151 cm³/mol. The lowest BCUT2D eigenvalue weighted by Crippen LogP contribution is -1.89. The van der Waals surface area contributed by atoms with Crippen LogP contribution in [0.15, 0.2) is 122 Å². The Balaban J connectivity index is 1.46. The second-order valence-electron chi connectivity index (χ2n) is 8.95. The molecule has 0 aliphatic heterocycles. The van der Waals surface area contributed by atoms with Gasteiger partial charge in [0.1, 0.15) is 0 Å². The molecular weight excluding hydrogens is 464 g/mol. The molecular formula is C34H20N4. The first-order chi connectivity index (χ1) is 18.7. The molecule has 4 aromatic carbocycles. The highest BCUT2D eigenvalue weighted by Gasteiger charge is 2.12. The number of nitriles is 2. The highest BCUT2D eigenvalue weighted by Crippen LogP contribution is 2.37. The predicted octanol–water partition coefficient (Wildman–Crippen LogP) is 8.04. The van der Waals surface area contributed by atoms with Crippen molar-refractivity contribution in [2.75, 3.05) is 0 Å². The second-order valence-corrected chi connectivity index (χ2v) is 8.95. The van der Waals surface area contributed by atoms with Crippen molar-refractivity contribution in [2.45, 2.75) is 0 Å². The molecule has 0 radical (unpaired) electrons. The van der Waals surface area contributed by atoms with E-state index in [0.717, 1.165) is 55.5 Å². The van der Waals surface area contributed by atoms with E-state index in [1.165, 1.54) is 0 Å². The van der Waals surface area contributed by atoms with Gasteiger partial charge >= 0.3 is 0 Å². The molecule has 0 amide bonds. The molecule has 0 N–H and O–H groups in total. The number of benzene rings is 4. The summed E-state index contributed by atoms with van der Waals surface area (Å²) in [5, 5.41) is 20.9. The number of hydrogen-bond acceptors (Lipinski definition) is 4. The van der Waals surface area contributed by atoms with Gasteiger partial charge in [0.05, 0.1) is 34.7 Å². The van der Waals surface area contributed by atoms with Crippen LogP contribution in [-0.2, 0) is 0 Å². The minimum Gasteiger partial charge on any atom is -0.256 e. The molecule has 0 spiro atoms. The first kappa shape index (κ1) is 22.9. The Morgan fingerprint density at radius 3 is 1.34 bits per heavy atom. The minimum absolute atomic E-state index is 0.590. The van der Waals surface area contributed by atoms with Crippen LogP contribution in [0.25, 0.3) is 55.5 Å². The Labute approximate surface area is 220 Å². The zero-order chi connectivity index (χ0) is 25.9. The third kappa shape index (κ3) is 4.28. The van der Waals surface area contributed by atoms with Crippen molar-refractivity contribution in [1.29, 1.82) is 10.5 Å². The second kappa shape index (κ2) is 9.82. The highest BCUT2D eigenvalue weighted by atomic mass is 14.7. The molecule has 0 saturated heterocycles. The summed E-state index contributed by atoms with van der Waals surface area (Å²) in [6.45, 7) is 0. The molecule has 0 fully saturated rings. The van der Waals surface area contributed by atoms with Crippen molar-refractivity contribution in [1.82, 2.24) is 9.97 Å². The molecule has 4 nitrogen and oxygen atoms in total. The third-order valence-electron chi connectivity index (χ3n) is 6.64. The summed E-state index contributed by atoms with van der Waals surface area (Å²) in [6.07, 6.45) is 3.34. The monoisotopic (exact) mass is 484 g/mol. The van der Waals surface area contributed by atoms with Crippen LogP contribution in [0, 0.1) is 22.7 Å². The van der Waals surface area contributed by atoms with Gasteiger partial charge in [-0.1, -0.05) is 72.8 Å². The fraction of sp³-hybridized carbons (Fsp3) is 0. The lowest BCUT2D eigenvalue weighted by molar-refractivity contribution is 1.31. The van der Waals surface area contributed by atoms with E-state index in [0.29, 0.717) is 11.1 Å². The lowest BCUT2D eigenvalue weighted by atomic mass is 9.90. The van der Waals surface area contributed by atoms with Gasteiger partial charge in [-0.15, -0.1) is 0 Å². The molecule has 0 bridgehead atoms. The molecule has 0 aliphatic carbocycles. The molecule has 6 rings (SSSR count). The number of nitrogens with zero attached hydrogens (tertiary/aromatic N) is 4. The normalized spacial score (nSPS) is 10.6. The van der Waals surface area contributed by atoms with E-state index in [2.05, 4.69) is 82.8 Å². The Morgan fingerprint density at radius 1 is 0.447 bits per heavy atom. The maximum Gasteiger partial charge on any atom is 0.0992 e. The van der Waals surface area contributed by atoms with E-state index < -0.39 is 0 Å². The standard InChI is InChI=1S/C34H20N4/c35-21-23-13-15-37-33(17-23)27-7-3-5-25(19-27)29-11-12-30(32-10-2-1-9-31(29)32)26-6-4-8-28(20-26)34-18-24(22-36)14-16-38-34/h1-20H. The van der Waals surface area contributed by atoms with Crippen molar-refractivity contribution in [3.05, 3.63) is 133 Å². The van der Waals surface area contributed by atoms with E-state index in [1.807, 2.05) is 36.4 Å². The smallest absolute Gasteiger partial charge is 0.0992 e. The van der Waals surface area contributed by atoms with Crippen LogP contribution >= 0.6 is 0 Å². The molecule has 0 saturated carbocycles. The molecule has 2 heterocycles. The van der Waals surface area contributed by atoms with Crippen molar-refractivity contribution in [3.63, 3.8) is 0 Å². The van der Waals surface area contributed by atoms with Gasteiger partial charge in [0.2, 0.25) is 0 Å². The Kier molecular flexibility index (Phi) is 5.91. The van der Waals surface area contributed by atoms with E-state index >= 15 is 0 Å². The Bertz CT molecular complexity index is 1770.